The first-order chi connectivity index (χ1) is 6.75. The highest BCUT2D eigenvalue weighted by molar-refractivity contribution is 5.24. The molecule has 0 saturated carbocycles. The second-order valence-corrected chi connectivity index (χ2v) is 4.13. The molecule has 0 fully saturated rings. The van der Waals surface area contributed by atoms with Crippen molar-refractivity contribution in [2.75, 3.05) is 0 Å². The van der Waals surface area contributed by atoms with E-state index in [1.165, 1.54) is 4.68 Å². The summed E-state index contributed by atoms with van der Waals surface area (Å²) in [4.78, 5) is 0. The Balaban J connectivity index is 3.31. The number of halogens is 3. The van der Waals surface area contributed by atoms with Crippen LogP contribution in [0.5, 0.6) is 0 Å². The maximum atomic E-state index is 12.6. The summed E-state index contributed by atoms with van der Waals surface area (Å²) in [5.74, 6) is -0.188. The Kier molecular flexibility index (Phi) is 3.11. The second-order valence-electron chi connectivity index (χ2n) is 4.13. The zero-order chi connectivity index (χ0) is 11.8. The monoisotopic (exact) mass is 220 g/mol. The summed E-state index contributed by atoms with van der Waals surface area (Å²) in [6.45, 7) is 7.12. The number of hydrogen-bond donors (Lipinski definition) is 0. The van der Waals surface area contributed by atoms with Crippen LogP contribution >= 0.6 is 0 Å². The van der Waals surface area contributed by atoms with Crippen LogP contribution in [0.1, 0.15) is 50.9 Å². The van der Waals surface area contributed by atoms with E-state index in [1.807, 2.05) is 13.8 Å². The Morgan fingerprint density at radius 3 is 2.07 bits per heavy atom. The lowest BCUT2D eigenvalue weighted by molar-refractivity contribution is -0.138. The summed E-state index contributed by atoms with van der Waals surface area (Å²) >= 11 is 0. The summed E-state index contributed by atoms with van der Waals surface area (Å²) in [7, 11) is 0. The van der Waals surface area contributed by atoms with Crippen molar-refractivity contribution in [3.63, 3.8) is 0 Å². The van der Waals surface area contributed by atoms with Gasteiger partial charge in [0.1, 0.15) is 0 Å². The van der Waals surface area contributed by atoms with Crippen LogP contribution in [-0.4, -0.2) is 9.78 Å². The van der Waals surface area contributed by atoms with Gasteiger partial charge in [0.2, 0.25) is 0 Å². The number of rotatable bonds is 2. The molecule has 0 amide bonds. The molecule has 0 aliphatic rings. The van der Waals surface area contributed by atoms with Crippen molar-refractivity contribution in [1.82, 2.24) is 9.78 Å². The Bertz CT molecular complexity index is 337. The maximum Gasteiger partial charge on any atom is 0.419 e. The van der Waals surface area contributed by atoms with Crippen LogP contribution in [0, 0.1) is 0 Å². The molecule has 0 atom stereocenters. The summed E-state index contributed by atoms with van der Waals surface area (Å²) < 4.78 is 39.3. The van der Waals surface area contributed by atoms with Crippen LogP contribution in [0.4, 0.5) is 13.2 Å². The van der Waals surface area contributed by atoms with Gasteiger partial charge in [-0.05, 0) is 19.8 Å². The van der Waals surface area contributed by atoms with Gasteiger partial charge in [-0.2, -0.15) is 18.3 Å². The third-order valence-corrected chi connectivity index (χ3v) is 2.18. The minimum absolute atomic E-state index is 0.0569. The summed E-state index contributed by atoms with van der Waals surface area (Å²) in [6, 6.07) is -0.0569. The first-order valence-electron chi connectivity index (χ1n) is 4.89. The Morgan fingerprint density at radius 2 is 1.73 bits per heavy atom. The molecule has 1 aromatic heterocycles. The van der Waals surface area contributed by atoms with Crippen LogP contribution in [-0.2, 0) is 6.18 Å². The van der Waals surface area contributed by atoms with Gasteiger partial charge in [-0.1, -0.05) is 13.8 Å². The highest BCUT2D eigenvalue weighted by Crippen LogP contribution is 2.35. The molecule has 1 aromatic rings. The van der Waals surface area contributed by atoms with Gasteiger partial charge in [0.15, 0.2) is 0 Å². The average Bonchev–Trinajstić information content (AvgIpc) is 2.45. The van der Waals surface area contributed by atoms with Gasteiger partial charge in [-0.3, -0.25) is 4.68 Å². The zero-order valence-electron chi connectivity index (χ0n) is 9.26. The molecular formula is C10H15F3N2. The second kappa shape index (κ2) is 3.87. The summed E-state index contributed by atoms with van der Waals surface area (Å²) in [5, 5.41) is 3.80. The standard InChI is InChI=1S/C10H15F3N2/c1-6(2)9-8(10(11,12)13)5-14-15(9)7(3)4/h5-7H,1-4H3. The molecule has 0 aromatic carbocycles. The van der Waals surface area contributed by atoms with Crippen molar-refractivity contribution < 1.29 is 13.2 Å². The molecule has 0 bridgehead atoms. The van der Waals surface area contributed by atoms with Crippen LogP contribution in [0.3, 0.4) is 0 Å². The smallest absolute Gasteiger partial charge is 0.266 e. The summed E-state index contributed by atoms with van der Waals surface area (Å²) in [6.07, 6.45) is -3.40. The predicted molar refractivity (Wildman–Crippen MR) is 51.7 cm³/mol. The molecule has 0 N–H and O–H groups in total. The van der Waals surface area contributed by atoms with E-state index in [4.69, 9.17) is 0 Å². The molecule has 1 heterocycles. The van der Waals surface area contributed by atoms with Crippen molar-refractivity contribution in [1.29, 1.82) is 0 Å². The number of nitrogens with zero attached hydrogens (tertiary/aromatic N) is 2. The SMILES string of the molecule is CC(C)c1c(C(F)(F)F)cnn1C(C)C. The van der Waals surface area contributed by atoms with Crippen molar-refractivity contribution >= 4 is 0 Å². The Hall–Kier alpha value is -1.00. The van der Waals surface area contributed by atoms with E-state index in [2.05, 4.69) is 5.10 Å². The Morgan fingerprint density at radius 1 is 1.20 bits per heavy atom. The molecule has 0 aliphatic heterocycles. The Labute approximate surface area is 87.1 Å². The summed E-state index contributed by atoms with van der Waals surface area (Å²) in [5.41, 5.74) is -0.358. The van der Waals surface area contributed by atoms with E-state index < -0.39 is 11.7 Å². The fourth-order valence-electron chi connectivity index (χ4n) is 1.58. The van der Waals surface area contributed by atoms with Crippen LogP contribution in [0.25, 0.3) is 0 Å². The fourth-order valence-corrected chi connectivity index (χ4v) is 1.58. The van der Waals surface area contributed by atoms with Gasteiger partial charge in [-0.25, -0.2) is 0 Å². The number of aromatic nitrogens is 2. The van der Waals surface area contributed by atoms with E-state index in [9.17, 15) is 13.2 Å². The average molecular weight is 220 g/mol. The van der Waals surface area contributed by atoms with Gasteiger partial charge in [0.25, 0.3) is 0 Å². The highest BCUT2D eigenvalue weighted by Gasteiger charge is 2.37. The third-order valence-electron chi connectivity index (χ3n) is 2.18. The van der Waals surface area contributed by atoms with Gasteiger partial charge in [0.05, 0.1) is 17.5 Å². The molecule has 0 saturated heterocycles. The van der Waals surface area contributed by atoms with Crippen LogP contribution in [0.2, 0.25) is 0 Å². The molecule has 15 heavy (non-hydrogen) atoms. The maximum absolute atomic E-state index is 12.6. The quantitative estimate of drug-likeness (QED) is 0.744. The van der Waals surface area contributed by atoms with Crippen molar-refractivity contribution in [2.45, 2.75) is 45.8 Å². The van der Waals surface area contributed by atoms with Crippen LogP contribution < -0.4 is 0 Å². The normalized spacial score (nSPS) is 12.9. The zero-order valence-corrected chi connectivity index (χ0v) is 9.26. The minimum Gasteiger partial charge on any atom is -0.266 e. The van der Waals surface area contributed by atoms with Crippen LogP contribution in [0.15, 0.2) is 6.20 Å². The van der Waals surface area contributed by atoms with E-state index in [1.54, 1.807) is 13.8 Å². The van der Waals surface area contributed by atoms with Crippen molar-refractivity contribution in [3.05, 3.63) is 17.5 Å². The molecular weight excluding hydrogens is 205 g/mol. The molecule has 0 spiro atoms. The first kappa shape index (κ1) is 12.1. The van der Waals surface area contributed by atoms with Gasteiger partial charge in [-0.15, -0.1) is 0 Å². The molecule has 86 valence electrons. The molecule has 0 unspecified atom stereocenters. The lowest BCUT2D eigenvalue weighted by atomic mass is 10.1. The van der Waals surface area contributed by atoms with Gasteiger partial charge >= 0.3 is 6.18 Å². The number of alkyl halides is 3. The van der Waals surface area contributed by atoms with E-state index in [0.29, 0.717) is 0 Å². The lowest BCUT2D eigenvalue weighted by Crippen LogP contribution is -2.14. The predicted octanol–water partition coefficient (Wildman–Crippen LogP) is 3.61. The minimum atomic E-state index is -4.31. The topological polar surface area (TPSA) is 17.8 Å². The van der Waals surface area contributed by atoms with E-state index >= 15 is 0 Å². The number of hydrogen-bond acceptors (Lipinski definition) is 1. The van der Waals surface area contributed by atoms with Gasteiger partial charge < -0.3 is 0 Å². The molecule has 0 radical (unpaired) electrons. The molecule has 2 nitrogen and oxygen atoms in total. The van der Waals surface area contributed by atoms with E-state index in [-0.39, 0.29) is 17.7 Å². The van der Waals surface area contributed by atoms with Gasteiger partial charge in [0, 0.05) is 6.04 Å². The highest BCUT2D eigenvalue weighted by atomic mass is 19.4. The lowest BCUT2D eigenvalue weighted by Gasteiger charge is -2.16. The third kappa shape index (κ3) is 2.33. The van der Waals surface area contributed by atoms with Crippen molar-refractivity contribution in [2.24, 2.45) is 0 Å². The van der Waals surface area contributed by atoms with Crippen molar-refractivity contribution in [3.8, 4) is 0 Å². The van der Waals surface area contributed by atoms with E-state index in [0.717, 1.165) is 6.20 Å². The largest absolute Gasteiger partial charge is 0.419 e. The molecule has 0 aliphatic carbocycles. The fraction of sp³-hybridized carbons (Fsp3) is 0.700. The molecule has 5 heteroatoms. The first-order valence-corrected chi connectivity index (χ1v) is 4.89. The molecule has 1 rings (SSSR count).